The minimum Gasteiger partial charge on any atom is -0.330 e. The van der Waals surface area contributed by atoms with Crippen molar-refractivity contribution in [2.24, 2.45) is 5.73 Å². The highest BCUT2D eigenvalue weighted by molar-refractivity contribution is 6.00. The number of amides is 3. The van der Waals surface area contributed by atoms with Crippen LogP contribution < -0.4 is 21.7 Å². The first-order valence-electron chi connectivity index (χ1n) is 10.9. The van der Waals surface area contributed by atoms with Crippen LogP contribution in [-0.2, 0) is 20.9 Å². The van der Waals surface area contributed by atoms with Crippen LogP contribution in [0.5, 0.6) is 0 Å². The van der Waals surface area contributed by atoms with E-state index in [0.717, 1.165) is 25.8 Å². The van der Waals surface area contributed by atoms with Crippen LogP contribution in [0.4, 0.5) is 5.69 Å². The minimum absolute atomic E-state index is 0.192. The first-order chi connectivity index (χ1) is 15.3. The van der Waals surface area contributed by atoms with Gasteiger partial charge in [-0.25, -0.2) is 0 Å². The number of piperidine rings is 1. The van der Waals surface area contributed by atoms with E-state index >= 15 is 0 Å². The summed E-state index contributed by atoms with van der Waals surface area (Å²) in [5.41, 5.74) is 7.08. The first kappa shape index (κ1) is 25.6. The average Bonchev–Trinajstić information content (AvgIpc) is 2.74. The van der Waals surface area contributed by atoms with Gasteiger partial charge in [-0.05, 0) is 46.1 Å². The number of imide groups is 1. The predicted molar refractivity (Wildman–Crippen MR) is 122 cm³/mol. The molecule has 1 aromatic rings. The van der Waals surface area contributed by atoms with Crippen LogP contribution in [0.2, 0.25) is 0 Å². The van der Waals surface area contributed by atoms with Gasteiger partial charge in [-0.3, -0.25) is 34.3 Å². The van der Waals surface area contributed by atoms with E-state index < -0.39 is 6.04 Å². The molecule has 0 bridgehead atoms. The Morgan fingerprint density at radius 1 is 1.28 bits per heavy atom. The molecule has 0 saturated carbocycles. The van der Waals surface area contributed by atoms with Crippen molar-refractivity contribution in [1.82, 2.24) is 20.4 Å². The van der Waals surface area contributed by atoms with E-state index in [-0.39, 0.29) is 37.2 Å². The topological polar surface area (TPSA) is 137 Å². The van der Waals surface area contributed by atoms with Gasteiger partial charge in [-0.2, -0.15) is 0 Å². The van der Waals surface area contributed by atoms with E-state index in [1.54, 1.807) is 30.1 Å². The number of carbonyl (C=O) groups is 4. The maximum absolute atomic E-state index is 12.6. The smallest absolute Gasteiger partial charge is 0.243 e. The molecule has 1 aliphatic heterocycles. The quantitative estimate of drug-likeness (QED) is 0.182. The monoisotopic (exact) mass is 446 g/mol. The zero-order valence-corrected chi connectivity index (χ0v) is 18.9. The molecule has 1 heterocycles. The van der Waals surface area contributed by atoms with Crippen LogP contribution in [0.1, 0.15) is 35.2 Å². The minimum atomic E-state index is -0.478. The summed E-state index contributed by atoms with van der Waals surface area (Å²) in [5, 5.41) is 8.51. The Kier molecular flexibility index (Phi) is 10.4. The standard InChI is InChI=1S/C22H34N6O4/c1-27(12-11-24-10-4-9-23)14-21(31)25-18-6-3-5-16(15-29)17(18)13-28(2)19-7-8-20(30)26-22(19)32/h3,5-6,15,19,24H,4,7-14,23H2,1-2H3,(H,25,31)(H,26,30,32). The fraction of sp³-hybridized carbons (Fsp3) is 0.545. The SMILES string of the molecule is CN(CCNCCCN)CC(=O)Nc1cccc(C=O)c1CN(C)C1CCC(=O)NC1=O. The van der Waals surface area contributed by atoms with Crippen LogP contribution in [0.3, 0.4) is 0 Å². The van der Waals surface area contributed by atoms with Gasteiger partial charge in [0.25, 0.3) is 0 Å². The van der Waals surface area contributed by atoms with E-state index in [1.165, 1.54) is 0 Å². The van der Waals surface area contributed by atoms with Crippen LogP contribution in [0.15, 0.2) is 18.2 Å². The summed E-state index contributed by atoms with van der Waals surface area (Å²) in [6.45, 7) is 3.43. The van der Waals surface area contributed by atoms with Gasteiger partial charge in [-0.15, -0.1) is 0 Å². The molecule has 0 aliphatic carbocycles. The number of benzene rings is 1. The zero-order chi connectivity index (χ0) is 23.5. The number of carbonyl (C=O) groups excluding carboxylic acids is 4. The average molecular weight is 447 g/mol. The fourth-order valence-electron chi connectivity index (χ4n) is 3.61. The number of hydrogen-bond donors (Lipinski definition) is 4. The molecule has 1 unspecified atom stereocenters. The molecule has 0 radical (unpaired) electrons. The number of likely N-dealkylation sites (N-methyl/N-ethyl adjacent to an activating group) is 2. The van der Waals surface area contributed by atoms with Crippen LogP contribution >= 0.6 is 0 Å². The summed E-state index contributed by atoms with van der Waals surface area (Å²) in [5.74, 6) is -0.818. The van der Waals surface area contributed by atoms with Crippen molar-refractivity contribution < 1.29 is 19.2 Å². The molecule has 1 saturated heterocycles. The highest BCUT2D eigenvalue weighted by Gasteiger charge is 2.30. The second-order valence-corrected chi connectivity index (χ2v) is 8.05. The van der Waals surface area contributed by atoms with E-state index in [2.05, 4.69) is 16.0 Å². The van der Waals surface area contributed by atoms with Crippen molar-refractivity contribution in [3.05, 3.63) is 29.3 Å². The summed E-state index contributed by atoms with van der Waals surface area (Å²) in [7, 11) is 3.63. The number of aldehydes is 1. The number of rotatable bonds is 13. The van der Waals surface area contributed by atoms with Crippen LogP contribution in [0, 0.1) is 0 Å². The highest BCUT2D eigenvalue weighted by Crippen LogP contribution is 2.23. The van der Waals surface area contributed by atoms with Crippen molar-refractivity contribution >= 4 is 29.7 Å². The highest BCUT2D eigenvalue weighted by atomic mass is 16.2. The van der Waals surface area contributed by atoms with Crippen LogP contribution in [-0.4, -0.2) is 86.7 Å². The molecule has 1 fully saturated rings. The molecule has 1 aromatic carbocycles. The van der Waals surface area contributed by atoms with Gasteiger partial charge in [0.1, 0.15) is 6.29 Å². The molecular formula is C22H34N6O4. The lowest BCUT2D eigenvalue weighted by atomic mass is 10.0. The van der Waals surface area contributed by atoms with Crippen molar-refractivity contribution in [3.8, 4) is 0 Å². The Balaban J connectivity index is 2.00. The molecule has 10 nitrogen and oxygen atoms in total. The lowest BCUT2D eigenvalue weighted by Gasteiger charge is -2.30. The molecule has 1 atom stereocenters. The molecule has 2 rings (SSSR count). The Labute approximate surface area is 188 Å². The van der Waals surface area contributed by atoms with E-state index in [0.29, 0.717) is 36.3 Å². The summed E-state index contributed by atoms with van der Waals surface area (Å²) in [4.78, 5) is 51.5. The summed E-state index contributed by atoms with van der Waals surface area (Å²) in [6.07, 6.45) is 2.33. The van der Waals surface area contributed by atoms with Crippen molar-refractivity contribution in [3.63, 3.8) is 0 Å². The third-order valence-electron chi connectivity index (χ3n) is 5.40. The Morgan fingerprint density at radius 2 is 2.06 bits per heavy atom. The first-order valence-corrected chi connectivity index (χ1v) is 10.9. The number of nitrogens with one attached hydrogen (secondary N) is 3. The molecule has 32 heavy (non-hydrogen) atoms. The molecule has 0 spiro atoms. The fourth-order valence-corrected chi connectivity index (χ4v) is 3.61. The number of anilines is 1. The maximum Gasteiger partial charge on any atom is 0.243 e. The van der Waals surface area contributed by atoms with Gasteiger partial charge in [0.2, 0.25) is 17.7 Å². The van der Waals surface area contributed by atoms with Gasteiger partial charge >= 0.3 is 0 Å². The van der Waals surface area contributed by atoms with Crippen molar-refractivity contribution in [1.29, 1.82) is 0 Å². The number of nitrogens with two attached hydrogens (primary N) is 1. The Hall–Kier alpha value is -2.66. The van der Waals surface area contributed by atoms with Gasteiger partial charge in [0.05, 0.1) is 12.6 Å². The maximum atomic E-state index is 12.6. The zero-order valence-electron chi connectivity index (χ0n) is 18.9. The Bertz CT molecular complexity index is 816. The third kappa shape index (κ3) is 7.79. The summed E-state index contributed by atoms with van der Waals surface area (Å²) >= 11 is 0. The van der Waals surface area contributed by atoms with Crippen molar-refractivity contribution in [2.45, 2.75) is 31.8 Å². The van der Waals surface area contributed by atoms with Gasteiger partial charge < -0.3 is 16.4 Å². The molecule has 3 amide bonds. The second kappa shape index (κ2) is 13.0. The van der Waals surface area contributed by atoms with Gasteiger partial charge in [0, 0.05) is 42.9 Å². The summed E-state index contributed by atoms with van der Waals surface area (Å²) in [6, 6.07) is 4.65. The predicted octanol–water partition coefficient (Wildman–Crippen LogP) is -0.455. The van der Waals surface area contributed by atoms with Gasteiger partial charge in [-0.1, -0.05) is 12.1 Å². The molecule has 0 aromatic heterocycles. The lowest BCUT2D eigenvalue weighted by Crippen LogP contribution is -2.51. The van der Waals surface area contributed by atoms with Gasteiger partial charge in [0.15, 0.2) is 0 Å². The third-order valence-corrected chi connectivity index (χ3v) is 5.40. The Morgan fingerprint density at radius 3 is 2.75 bits per heavy atom. The normalized spacial score (nSPS) is 16.3. The second-order valence-electron chi connectivity index (χ2n) is 8.05. The summed E-state index contributed by atoms with van der Waals surface area (Å²) < 4.78 is 0. The number of hydrogen-bond acceptors (Lipinski definition) is 8. The van der Waals surface area contributed by atoms with E-state index in [1.807, 2.05) is 11.9 Å². The molecular weight excluding hydrogens is 412 g/mol. The lowest BCUT2D eigenvalue weighted by molar-refractivity contribution is -0.137. The van der Waals surface area contributed by atoms with E-state index in [4.69, 9.17) is 5.73 Å². The number of nitrogens with zero attached hydrogens (tertiary/aromatic N) is 2. The van der Waals surface area contributed by atoms with E-state index in [9.17, 15) is 19.2 Å². The molecule has 5 N–H and O–H groups in total. The molecule has 10 heteroatoms. The van der Waals surface area contributed by atoms with Crippen molar-refractivity contribution in [2.75, 3.05) is 52.1 Å². The molecule has 176 valence electrons. The molecule has 1 aliphatic rings. The largest absolute Gasteiger partial charge is 0.330 e. The van der Waals surface area contributed by atoms with Crippen LogP contribution in [0.25, 0.3) is 0 Å².